The third-order valence-electron chi connectivity index (χ3n) is 1.75. The molecule has 0 aliphatic rings. The maximum Gasteiger partial charge on any atom is 0.115 e. The minimum absolute atomic E-state index is 0.310. The van der Waals surface area contributed by atoms with Gasteiger partial charge >= 0.3 is 0 Å². The quantitative estimate of drug-likeness (QED) is 0.563. The Labute approximate surface area is 83.5 Å². The highest BCUT2D eigenvalue weighted by atomic mass is 35.5. The van der Waals surface area contributed by atoms with Crippen molar-refractivity contribution >= 4 is 11.6 Å². The normalized spacial score (nSPS) is 10.2. The summed E-state index contributed by atoms with van der Waals surface area (Å²) in [6.45, 7) is 1.77. The first kappa shape index (κ1) is 10.4. The Morgan fingerprint density at radius 1 is 1.23 bits per heavy atom. The van der Waals surface area contributed by atoms with Crippen LogP contribution in [-0.2, 0) is 6.54 Å². The van der Waals surface area contributed by atoms with E-state index in [1.807, 2.05) is 12.1 Å². The Morgan fingerprint density at radius 2 is 1.92 bits per heavy atom. The summed E-state index contributed by atoms with van der Waals surface area (Å²) in [6.07, 6.45) is 0.986. The predicted molar refractivity (Wildman–Crippen MR) is 55.2 cm³/mol. The molecular formula is C10H14ClNO. The summed E-state index contributed by atoms with van der Waals surface area (Å²) in [5.74, 6) is 1.01. The Bertz CT molecular complexity index is 235. The zero-order chi connectivity index (χ0) is 9.52. The molecule has 2 nitrogen and oxygen atoms in total. The topological polar surface area (TPSA) is 32.3 Å². The maximum atomic E-state index is 9.03. The zero-order valence-electron chi connectivity index (χ0n) is 7.46. The third-order valence-corrected chi connectivity index (χ3v) is 2.02. The monoisotopic (exact) mass is 199 g/mol. The molecule has 0 unspecified atom stereocenters. The van der Waals surface area contributed by atoms with E-state index >= 15 is 0 Å². The van der Waals surface area contributed by atoms with Gasteiger partial charge in [0.05, 0.1) is 0 Å². The van der Waals surface area contributed by atoms with E-state index in [-0.39, 0.29) is 0 Å². The second-order valence-electron chi connectivity index (χ2n) is 2.89. The smallest absolute Gasteiger partial charge is 0.115 e. The average Bonchev–Trinajstić information content (AvgIpc) is 2.15. The van der Waals surface area contributed by atoms with Crippen LogP contribution in [0.1, 0.15) is 12.0 Å². The van der Waals surface area contributed by atoms with E-state index in [1.165, 1.54) is 5.56 Å². The number of halogens is 1. The molecule has 0 aromatic heterocycles. The fourth-order valence-electron chi connectivity index (χ4n) is 1.04. The van der Waals surface area contributed by atoms with Crippen LogP contribution in [0, 0.1) is 0 Å². The fourth-order valence-corrected chi connectivity index (χ4v) is 1.17. The van der Waals surface area contributed by atoms with Crippen molar-refractivity contribution in [3.63, 3.8) is 0 Å². The van der Waals surface area contributed by atoms with Crippen molar-refractivity contribution < 1.29 is 5.11 Å². The molecule has 0 saturated heterocycles. The van der Waals surface area contributed by atoms with Crippen LogP contribution in [-0.4, -0.2) is 17.5 Å². The minimum Gasteiger partial charge on any atom is -0.508 e. The molecule has 0 atom stereocenters. The molecular weight excluding hydrogens is 186 g/mol. The van der Waals surface area contributed by atoms with Crippen LogP contribution in [0.2, 0.25) is 0 Å². The Morgan fingerprint density at radius 3 is 2.54 bits per heavy atom. The first-order valence-electron chi connectivity index (χ1n) is 4.37. The van der Waals surface area contributed by atoms with Crippen molar-refractivity contribution in [2.24, 2.45) is 0 Å². The number of rotatable bonds is 5. The first-order chi connectivity index (χ1) is 6.33. The van der Waals surface area contributed by atoms with Crippen molar-refractivity contribution in [2.45, 2.75) is 13.0 Å². The lowest BCUT2D eigenvalue weighted by Crippen LogP contribution is -2.14. The Kier molecular flexibility index (Phi) is 4.65. The SMILES string of the molecule is Oc1ccc(CNCCCCl)cc1. The lowest BCUT2D eigenvalue weighted by atomic mass is 10.2. The second kappa shape index (κ2) is 5.84. The van der Waals surface area contributed by atoms with Crippen LogP contribution >= 0.6 is 11.6 Å². The van der Waals surface area contributed by atoms with Gasteiger partial charge in [0.2, 0.25) is 0 Å². The zero-order valence-corrected chi connectivity index (χ0v) is 8.22. The third kappa shape index (κ3) is 4.15. The summed E-state index contributed by atoms with van der Waals surface area (Å²) < 4.78 is 0. The van der Waals surface area contributed by atoms with Crippen LogP contribution in [0.15, 0.2) is 24.3 Å². The summed E-state index contributed by atoms with van der Waals surface area (Å²) in [5, 5.41) is 12.3. The Balaban J connectivity index is 2.25. The minimum atomic E-state index is 0.310. The fraction of sp³-hybridized carbons (Fsp3) is 0.400. The number of phenolic OH excluding ortho intramolecular Hbond substituents is 1. The number of benzene rings is 1. The average molecular weight is 200 g/mol. The molecule has 0 saturated carbocycles. The van der Waals surface area contributed by atoms with E-state index in [4.69, 9.17) is 16.7 Å². The van der Waals surface area contributed by atoms with Crippen molar-refractivity contribution in [1.29, 1.82) is 0 Å². The molecule has 13 heavy (non-hydrogen) atoms. The molecule has 2 N–H and O–H groups in total. The number of nitrogens with one attached hydrogen (secondary N) is 1. The van der Waals surface area contributed by atoms with Gasteiger partial charge in [-0.3, -0.25) is 0 Å². The van der Waals surface area contributed by atoms with Gasteiger partial charge in [0.25, 0.3) is 0 Å². The van der Waals surface area contributed by atoms with Crippen molar-refractivity contribution in [3.8, 4) is 5.75 Å². The van der Waals surface area contributed by atoms with Gasteiger partial charge in [0, 0.05) is 12.4 Å². The number of hydrogen-bond acceptors (Lipinski definition) is 2. The highest BCUT2D eigenvalue weighted by Crippen LogP contribution is 2.08. The highest BCUT2D eigenvalue weighted by Gasteiger charge is 1.92. The van der Waals surface area contributed by atoms with Gasteiger partial charge in [-0.15, -0.1) is 11.6 Å². The Hall–Kier alpha value is -0.730. The largest absolute Gasteiger partial charge is 0.508 e. The van der Waals surface area contributed by atoms with Crippen LogP contribution in [0.3, 0.4) is 0 Å². The first-order valence-corrected chi connectivity index (χ1v) is 4.91. The van der Waals surface area contributed by atoms with E-state index in [0.29, 0.717) is 11.6 Å². The molecule has 1 rings (SSSR count). The molecule has 0 radical (unpaired) electrons. The van der Waals surface area contributed by atoms with E-state index in [1.54, 1.807) is 12.1 Å². The molecule has 1 aromatic rings. The van der Waals surface area contributed by atoms with Crippen LogP contribution in [0.25, 0.3) is 0 Å². The lowest BCUT2D eigenvalue weighted by Gasteiger charge is -2.03. The van der Waals surface area contributed by atoms with Crippen LogP contribution in [0.4, 0.5) is 0 Å². The van der Waals surface area contributed by atoms with E-state index in [2.05, 4.69) is 5.32 Å². The summed E-state index contributed by atoms with van der Waals surface area (Å²) in [7, 11) is 0. The molecule has 1 aromatic carbocycles. The van der Waals surface area contributed by atoms with Gasteiger partial charge in [-0.05, 0) is 30.7 Å². The standard InChI is InChI=1S/C10H14ClNO/c11-6-1-7-12-8-9-2-4-10(13)5-3-9/h2-5,12-13H,1,6-8H2. The molecule has 0 spiro atoms. The molecule has 72 valence electrons. The number of aromatic hydroxyl groups is 1. The van der Waals surface area contributed by atoms with Gasteiger partial charge < -0.3 is 10.4 Å². The van der Waals surface area contributed by atoms with E-state index < -0.39 is 0 Å². The van der Waals surface area contributed by atoms with Crippen molar-refractivity contribution in [2.75, 3.05) is 12.4 Å². The molecule has 3 heteroatoms. The van der Waals surface area contributed by atoms with Crippen LogP contribution in [0.5, 0.6) is 5.75 Å². The van der Waals surface area contributed by atoms with Gasteiger partial charge in [0.15, 0.2) is 0 Å². The predicted octanol–water partition coefficient (Wildman–Crippen LogP) is 2.11. The molecule has 0 aliphatic heterocycles. The summed E-state index contributed by atoms with van der Waals surface area (Å²) in [4.78, 5) is 0. The van der Waals surface area contributed by atoms with Crippen molar-refractivity contribution in [1.82, 2.24) is 5.32 Å². The molecule has 0 fully saturated rings. The maximum absolute atomic E-state index is 9.03. The number of alkyl halides is 1. The second-order valence-corrected chi connectivity index (χ2v) is 3.26. The summed E-state index contributed by atoms with van der Waals surface area (Å²) >= 11 is 5.53. The van der Waals surface area contributed by atoms with Gasteiger partial charge in [-0.25, -0.2) is 0 Å². The van der Waals surface area contributed by atoms with Gasteiger partial charge in [-0.1, -0.05) is 12.1 Å². The number of phenols is 1. The summed E-state index contributed by atoms with van der Waals surface area (Å²) in [5.41, 5.74) is 1.17. The van der Waals surface area contributed by atoms with E-state index in [9.17, 15) is 0 Å². The molecule has 0 amide bonds. The van der Waals surface area contributed by atoms with Gasteiger partial charge in [0.1, 0.15) is 5.75 Å². The van der Waals surface area contributed by atoms with Crippen LogP contribution < -0.4 is 5.32 Å². The summed E-state index contributed by atoms with van der Waals surface area (Å²) in [6, 6.07) is 7.20. The lowest BCUT2D eigenvalue weighted by molar-refractivity contribution is 0.475. The molecule has 0 bridgehead atoms. The molecule has 0 heterocycles. The van der Waals surface area contributed by atoms with Crippen molar-refractivity contribution in [3.05, 3.63) is 29.8 Å². The molecule has 0 aliphatic carbocycles. The van der Waals surface area contributed by atoms with Gasteiger partial charge in [-0.2, -0.15) is 0 Å². The van der Waals surface area contributed by atoms with E-state index in [0.717, 1.165) is 19.5 Å². The highest BCUT2D eigenvalue weighted by molar-refractivity contribution is 6.17. The number of hydrogen-bond donors (Lipinski definition) is 2.